The minimum atomic E-state index is 0.394. The summed E-state index contributed by atoms with van der Waals surface area (Å²) >= 11 is 5.08. The van der Waals surface area contributed by atoms with Crippen LogP contribution in [0.15, 0.2) is 12.3 Å². The molecule has 0 saturated carbocycles. The summed E-state index contributed by atoms with van der Waals surface area (Å²) in [6.45, 7) is 6.56. The minimum absolute atomic E-state index is 0.394. The van der Waals surface area contributed by atoms with Crippen LogP contribution in [-0.4, -0.2) is 28.3 Å². The second kappa shape index (κ2) is 5.18. The van der Waals surface area contributed by atoms with Gasteiger partial charge in [0, 0.05) is 13.1 Å². The van der Waals surface area contributed by atoms with Crippen molar-refractivity contribution in [2.75, 3.05) is 18.0 Å². The van der Waals surface area contributed by atoms with Crippen molar-refractivity contribution < 1.29 is 0 Å². The number of hydrogen-bond acceptors (Lipinski definition) is 4. The van der Waals surface area contributed by atoms with Crippen LogP contribution in [0.2, 0.25) is 0 Å². The van der Waals surface area contributed by atoms with Gasteiger partial charge in [0.1, 0.15) is 4.99 Å². The Morgan fingerprint density at radius 1 is 1.50 bits per heavy atom. The van der Waals surface area contributed by atoms with Gasteiger partial charge in [-0.3, -0.25) is 0 Å². The Bertz CT molecular complexity index is 442. The SMILES string of the molecule is CCC1(CC)CCN(c2nnccc2C(N)=S)C1. The van der Waals surface area contributed by atoms with Crippen LogP contribution in [0.25, 0.3) is 0 Å². The zero-order valence-corrected chi connectivity index (χ0v) is 11.8. The third-order valence-electron chi connectivity index (χ3n) is 4.20. The van der Waals surface area contributed by atoms with Crippen molar-refractivity contribution in [1.82, 2.24) is 10.2 Å². The van der Waals surface area contributed by atoms with Gasteiger partial charge in [0.15, 0.2) is 5.82 Å². The van der Waals surface area contributed by atoms with E-state index >= 15 is 0 Å². The standard InChI is InChI=1S/C13H20N4S/c1-3-13(4-2)6-8-17(9-13)12-10(11(14)18)5-7-15-16-12/h5,7H,3-4,6,8-9H2,1-2H3,(H2,14,18). The average molecular weight is 264 g/mol. The molecule has 0 atom stereocenters. The Balaban J connectivity index is 2.27. The third-order valence-corrected chi connectivity index (χ3v) is 4.42. The lowest BCUT2D eigenvalue weighted by Gasteiger charge is -2.27. The van der Waals surface area contributed by atoms with Crippen molar-refractivity contribution in [1.29, 1.82) is 0 Å². The third kappa shape index (κ3) is 2.32. The van der Waals surface area contributed by atoms with E-state index in [1.54, 1.807) is 6.20 Å². The second-order valence-corrected chi connectivity index (χ2v) is 5.45. The summed E-state index contributed by atoms with van der Waals surface area (Å²) in [7, 11) is 0. The predicted octanol–water partition coefficient (Wildman–Crippen LogP) is 2.13. The molecule has 0 amide bonds. The Morgan fingerprint density at radius 2 is 2.22 bits per heavy atom. The molecule has 18 heavy (non-hydrogen) atoms. The lowest BCUT2D eigenvalue weighted by molar-refractivity contribution is 0.301. The van der Waals surface area contributed by atoms with Gasteiger partial charge in [0.25, 0.3) is 0 Å². The van der Waals surface area contributed by atoms with E-state index in [1.807, 2.05) is 6.07 Å². The van der Waals surface area contributed by atoms with E-state index in [4.69, 9.17) is 18.0 Å². The fourth-order valence-corrected chi connectivity index (χ4v) is 2.85. The molecule has 1 aromatic heterocycles. The van der Waals surface area contributed by atoms with Gasteiger partial charge in [-0.15, -0.1) is 5.10 Å². The Hall–Kier alpha value is -1.23. The highest BCUT2D eigenvalue weighted by Gasteiger charge is 2.36. The summed E-state index contributed by atoms with van der Waals surface area (Å²) in [4.78, 5) is 2.67. The lowest BCUT2D eigenvalue weighted by atomic mass is 9.82. The lowest BCUT2D eigenvalue weighted by Crippen LogP contribution is -2.29. The quantitative estimate of drug-likeness (QED) is 0.844. The first-order valence-corrected chi connectivity index (χ1v) is 6.89. The minimum Gasteiger partial charge on any atom is -0.389 e. The van der Waals surface area contributed by atoms with Crippen LogP contribution in [0.5, 0.6) is 0 Å². The van der Waals surface area contributed by atoms with Crippen LogP contribution in [0.1, 0.15) is 38.7 Å². The van der Waals surface area contributed by atoms with Gasteiger partial charge in [0.2, 0.25) is 0 Å². The van der Waals surface area contributed by atoms with Crippen molar-refractivity contribution >= 4 is 23.0 Å². The van der Waals surface area contributed by atoms with Crippen LogP contribution in [0, 0.1) is 5.41 Å². The van der Waals surface area contributed by atoms with Crippen LogP contribution < -0.4 is 10.6 Å². The maximum Gasteiger partial charge on any atom is 0.161 e. The topological polar surface area (TPSA) is 55.0 Å². The molecule has 1 aliphatic rings. The normalized spacial score (nSPS) is 18.0. The molecule has 0 radical (unpaired) electrons. The van der Waals surface area contributed by atoms with Gasteiger partial charge < -0.3 is 10.6 Å². The molecule has 1 saturated heterocycles. The van der Waals surface area contributed by atoms with Gasteiger partial charge in [-0.2, -0.15) is 5.10 Å². The second-order valence-electron chi connectivity index (χ2n) is 5.01. The molecule has 0 spiro atoms. The number of nitrogens with two attached hydrogens (primary N) is 1. The molecular weight excluding hydrogens is 244 g/mol. The van der Waals surface area contributed by atoms with E-state index in [-0.39, 0.29) is 0 Å². The van der Waals surface area contributed by atoms with Crippen LogP contribution in [0.4, 0.5) is 5.82 Å². The number of anilines is 1. The molecule has 0 aromatic carbocycles. The number of nitrogens with zero attached hydrogens (tertiary/aromatic N) is 3. The summed E-state index contributed by atoms with van der Waals surface area (Å²) in [5.74, 6) is 0.841. The molecule has 0 aliphatic carbocycles. The Kier molecular flexibility index (Phi) is 3.80. The van der Waals surface area contributed by atoms with Gasteiger partial charge >= 0.3 is 0 Å². The van der Waals surface area contributed by atoms with Crippen LogP contribution in [-0.2, 0) is 0 Å². The van der Waals surface area contributed by atoms with Crippen molar-refractivity contribution in [3.05, 3.63) is 17.8 Å². The van der Waals surface area contributed by atoms with E-state index in [1.165, 1.54) is 19.3 Å². The smallest absolute Gasteiger partial charge is 0.161 e. The van der Waals surface area contributed by atoms with E-state index < -0.39 is 0 Å². The van der Waals surface area contributed by atoms with Gasteiger partial charge in [-0.25, -0.2) is 0 Å². The molecular formula is C13H20N4S. The first-order valence-electron chi connectivity index (χ1n) is 6.48. The molecule has 4 nitrogen and oxygen atoms in total. The Morgan fingerprint density at radius 3 is 2.78 bits per heavy atom. The summed E-state index contributed by atoms with van der Waals surface area (Å²) in [6, 6.07) is 1.85. The van der Waals surface area contributed by atoms with Gasteiger partial charge in [-0.1, -0.05) is 26.1 Å². The number of aromatic nitrogens is 2. The van der Waals surface area contributed by atoms with E-state index in [0.29, 0.717) is 10.4 Å². The highest BCUT2D eigenvalue weighted by atomic mass is 32.1. The van der Waals surface area contributed by atoms with Gasteiger partial charge in [-0.05, 0) is 30.7 Å². The summed E-state index contributed by atoms with van der Waals surface area (Å²) in [6.07, 6.45) is 5.24. The van der Waals surface area contributed by atoms with Crippen LogP contribution in [0.3, 0.4) is 0 Å². The fraction of sp³-hybridized carbons (Fsp3) is 0.615. The molecule has 2 rings (SSSR count). The molecule has 1 fully saturated rings. The Labute approximate surface area is 114 Å². The monoisotopic (exact) mass is 264 g/mol. The molecule has 0 bridgehead atoms. The predicted molar refractivity (Wildman–Crippen MR) is 77.8 cm³/mol. The highest BCUT2D eigenvalue weighted by molar-refractivity contribution is 7.80. The number of thiocarbonyl (C=S) groups is 1. The summed E-state index contributed by atoms with van der Waals surface area (Å²) in [5.41, 5.74) is 7.00. The van der Waals surface area contributed by atoms with E-state index in [0.717, 1.165) is 24.5 Å². The first-order chi connectivity index (χ1) is 8.62. The van der Waals surface area contributed by atoms with Crippen LogP contribution >= 0.6 is 12.2 Å². The molecule has 2 N–H and O–H groups in total. The average Bonchev–Trinajstić information content (AvgIpc) is 2.83. The molecule has 98 valence electrons. The molecule has 0 unspecified atom stereocenters. The van der Waals surface area contributed by atoms with E-state index in [9.17, 15) is 0 Å². The maximum absolute atomic E-state index is 5.75. The molecule has 2 heterocycles. The zero-order chi connectivity index (χ0) is 13.2. The van der Waals surface area contributed by atoms with Crippen molar-refractivity contribution in [3.8, 4) is 0 Å². The zero-order valence-electron chi connectivity index (χ0n) is 11.0. The van der Waals surface area contributed by atoms with Crippen molar-refractivity contribution in [2.45, 2.75) is 33.1 Å². The highest BCUT2D eigenvalue weighted by Crippen LogP contribution is 2.39. The number of rotatable bonds is 4. The molecule has 1 aromatic rings. The van der Waals surface area contributed by atoms with Crippen molar-refractivity contribution in [3.63, 3.8) is 0 Å². The van der Waals surface area contributed by atoms with Crippen molar-refractivity contribution in [2.24, 2.45) is 11.1 Å². The summed E-state index contributed by atoms with van der Waals surface area (Å²) in [5, 5.41) is 8.19. The molecule has 5 heteroatoms. The number of hydrogen-bond donors (Lipinski definition) is 1. The summed E-state index contributed by atoms with van der Waals surface area (Å²) < 4.78 is 0. The van der Waals surface area contributed by atoms with E-state index in [2.05, 4.69) is 28.9 Å². The fourth-order valence-electron chi connectivity index (χ4n) is 2.69. The largest absolute Gasteiger partial charge is 0.389 e. The van der Waals surface area contributed by atoms with Gasteiger partial charge in [0.05, 0.1) is 11.8 Å². The maximum atomic E-state index is 5.75. The molecule has 1 aliphatic heterocycles. The first kappa shape index (κ1) is 13.2.